The lowest BCUT2D eigenvalue weighted by atomic mass is 10.8. The van der Waals surface area contributed by atoms with Crippen LogP contribution in [0.25, 0.3) is 0 Å². The summed E-state index contributed by atoms with van der Waals surface area (Å²) in [5, 5.41) is 0. The van der Waals surface area contributed by atoms with E-state index >= 15 is 0 Å². The topological polar surface area (TPSA) is 26.3 Å². The SMILES string of the molecule is O=C(CS)OS. The van der Waals surface area contributed by atoms with Crippen LogP contribution in [0.4, 0.5) is 0 Å². The van der Waals surface area contributed by atoms with E-state index in [1.54, 1.807) is 0 Å². The first-order chi connectivity index (χ1) is 2.81. The molecule has 0 saturated heterocycles. The predicted molar refractivity (Wildman–Crippen MR) is 28.9 cm³/mol. The van der Waals surface area contributed by atoms with E-state index in [1.807, 2.05) is 0 Å². The molecule has 0 radical (unpaired) electrons. The molecule has 36 valence electrons. The number of carbonyl (C=O) groups is 1. The van der Waals surface area contributed by atoms with Gasteiger partial charge in [-0.15, -0.1) is 0 Å². The Morgan fingerprint density at radius 1 is 1.83 bits per heavy atom. The second-order valence-electron chi connectivity index (χ2n) is 0.621. The van der Waals surface area contributed by atoms with Gasteiger partial charge in [-0.25, -0.2) is 0 Å². The summed E-state index contributed by atoms with van der Waals surface area (Å²) < 4.78 is 3.88. The molecule has 0 atom stereocenters. The van der Waals surface area contributed by atoms with Crippen LogP contribution in [0.15, 0.2) is 0 Å². The highest BCUT2D eigenvalue weighted by molar-refractivity contribution is 7.81. The molecular weight excluding hydrogens is 120 g/mol. The van der Waals surface area contributed by atoms with Gasteiger partial charge in [0.1, 0.15) is 0 Å². The third kappa shape index (κ3) is 2.41. The first-order valence-electron chi connectivity index (χ1n) is 1.26. The van der Waals surface area contributed by atoms with Crippen LogP contribution < -0.4 is 0 Å². The van der Waals surface area contributed by atoms with Gasteiger partial charge in [0.25, 0.3) is 0 Å². The van der Waals surface area contributed by atoms with E-state index in [0.717, 1.165) is 0 Å². The van der Waals surface area contributed by atoms with Gasteiger partial charge in [-0.3, -0.25) is 4.79 Å². The molecule has 0 aromatic rings. The molecular formula is C2H4O2S2. The number of thiol groups is 2. The van der Waals surface area contributed by atoms with Crippen LogP contribution in [-0.4, -0.2) is 11.7 Å². The molecule has 0 rings (SSSR count). The Kier molecular flexibility index (Phi) is 3.46. The van der Waals surface area contributed by atoms with Crippen molar-refractivity contribution in [2.75, 3.05) is 5.75 Å². The van der Waals surface area contributed by atoms with Gasteiger partial charge in [0.15, 0.2) is 0 Å². The summed E-state index contributed by atoms with van der Waals surface area (Å²) in [6.07, 6.45) is 0. The molecule has 0 aliphatic carbocycles. The summed E-state index contributed by atoms with van der Waals surface area (Å²) in [6, 6.07) is 0. The number of carbonyl (C=O) groups excluding carboxylic acids is 1. The Labute approximate surface area is 46.9 Å². The van der Waals surface area contributed by atoms with E-state index in [9.17, 15) is 4.79 Å². The molecule has 0 N–H and O–H groups in total. The molecule has 0 fully saturated rings. The third-order valence-corrected chi connectivity index (χ3v) is 0.693. The fourth-order valence-corrected chi connectivity index (χ4v) is 0.260. The van der Waals surface area contributed by atoms with Gasteiger partial charge < -0.3 is 4.18 Å². The second kappa shape index (κ2) is 3.36. The molecule has 0 aromatic carbocycles. The largest absolute Gasteiger partial charge is 0.394 e. The van der Waals surface area contributed by atoms with E-state index in [0.29, 0.717) is 0 Å². The average Bonchev–Trinajstić information content (AvgIpc) is 1.65. The highest BCUT2D eigenvalue weighted by atomic mass is 32.1. The molecule has 0 amide bonds. The van der Waals surface area contributed by atoms with Crippen molar-refractivity contribution >= 4 is 31.5 Å². The van der Waals surface area contributed by atoms with Gasteiger partial charge in [-0.2, -0.15) is 12.6 Å². The zero-order valence-electron chi connectivity index (χ0n) is 2.92. The molecule has 0 bridgehead atoms. The number of rotatable bonds is 1. The summed E-state index contributed by atoms with van der Waals surface area (Å²) in [5.41, 5.74) is 0. The van der Waals surface area contributed by atoms with Crippen molar-refractivity contribution < 1.29 is 8.98 Å². The summed E-state index contributed by atoms with van der Waals surface area (Å²) in [5.74, 6) is -0.342. The minimum absolute atomic E-state index is 0.0868. The van der Waals surface area contributed by atoms with Crippen molar-refractivity contribution in [2.45, 2.75) is 0 Å². The summed E-state index contributed by atoms with van der Waals surface area (Å²) >= 11 is 6.77. The van der Waals surface area contributed by atoms with E-state index < -0.39 is 5.97 Å². The fraction of sp³-hybridized carbons (Fsp3) is 0.500. The van der Waals surface area contributed by atoms with Gasteiger partial charge in [0.05, 0.1) is 5.75 Å². The molecule has 2 nitrogen and oxygen atoms in total. The lowest BCUT2D eigenvalue weighted by Crippen LogP contribution is -1.95. The minimum Gasteiger partial charge on any atom is -0.394 e. The summed E-state index contributed by atoms with van der Waals surface area (Å²) in [7, 11) is 0. The Bertz CT molecular complexity index is 47.5. The minimum atomic E-state index is -0.429. The van der Waals surface area contributed by atoms with E-state index in [4.69, 9.17) is 0 Å². The van der Waals surface area contributed by atoms with E-state index in [2.05, 4.69) is 29.7 Å². The molecule has 0 spiro atoms. The van der Waals surface area contributed by atoms with Gasteiger partial charge in [0, 0.05) is 12.9 Å². The average molecular weight is 124 g/mol. The molecule has 6 heavy (non-hydrogen) atoms. The maximum absolute atomic E-state index is 9.81. The first kappa shape index (κ1) is 6.17. The molecule has 4 heteroatoms. The normalized spacial score (nSPS) is 7.67. The van der Waals surface area contributed by atoms with Crippen molar-refractivity contribution in [2.24, 2.45) is 0 Å². The lowest BCUT2D eigenvalue weighted by Gasteiger charge is -1.84. The molecule has 0 aromatic heterocycles. The van der Waals surface area contributed by atoms with Gasteiger partial charge >= 0.3 is 5.97 Å². The van der Waals surface area contributed by atoms with Crippen LogP contribution in [0, 0.1) is 0 Å². The Morgan fingerprint density at radius 2 is 2.33 bits per heavy atom. The molecule has 0 saturated carbocycles. The lowest BCUT2D eigenvalue weighted by molar-refractivity contribution is -0.129. The van der Waals surface area contributed by atoms with Crippen molar-refractivity contribution in [3.05, 3.63) is 0 Å². The van der Waals surface area contributed by atoms with Crippen LogP contribution in [0.5, 0.6) is 0 Å². The molecule has 0 unspecified atom stereocenters. The van der Waals surface area contributed by atoms with E-state index in [-0.39, 0.29) is 5.75 Å². The van der Waals surface area contributed by atoms with Crippen molar-refractivity contribution in [1.29, 1.82) is 0 Å². The summed E-state index contributed by atoms with van der Waals surface area (Å²) in [6.45, 7) is 0. The number of hydrogen-bond acceptors (Lipinski definition) is 4. The van der Waals surface area contributed by atoms with Gasteiger partial charge in [0.2, 0.25) is 0 Å². The van der Waals surface area contributed by atoms with Crippen molar-refractivity contribution in [1.82, 2.24) is 0 Å². The highest BCUT2D eigenvalue weighted by Crippen LogP contribution is 1.82. The van der Waals surface area contributed by atoms with Crippen LogP contribution in [0.2, 0.25) is 0 Å². The van der Waals surface area contributed by atoms with Crippen molar-refractivity contribution in [3.8, 4) is 0 Å². The summed E-state index contributed by atoms with van der Waals surface area (Å²) in [4.78, 5) is 9.81. The standard InChI is InChI=1S/C2H4O2S2/c3-2(1-5)4-6/h5-6H,1H2. The first-order valence-corrected chi connectivity index (χ1v) is 2.26. The second-order valence-corrected chi connectivity index (χ2v) is 1.12. The van der Waals surface area contributed by atoms with Crippen LogP contribution >= 0.6 is 25.5 Å². The molecule has 0 aliphatic rings. The zero-order chi connectivity index (χ0) is 4.99. The van der Waals surface area contributed by atoms with Crippen molar-refractivity contribution in [3.63, 3.8) is 0 Å². The smallest absolute Gasteiger partial charge is 0.327 e. The maximum atomic E-state index is 9.81. The van der Waals surface area contributed by atoms with Gasteiger partial charge in [-0.05, 0) is 0 Å². The quantitative estimate of drug-likeness (QED) is 0.388. The zero-order valence-corrected chi connectivity index (χ0v) is 4.71. The fourth-order valence-electron chi connectivity index (χ4n) is 0.0289. The third-order valence-electron chi connectivity index (χ3n) is 0.231. The molecule has 0 aliphatic heterocycles. The molecule has 0 heterocycles. The predicted octanol–water partition coefficient (Wildman–Crippen LogP) is 0.304. The Balaban J connectivity index is 2.99. The van der Waals surface area contributed by atoms with Crippen LogP contribution in [0.3, 0.4) is 0 Å². The number of hydrogen-bond donors (Lipinski definition) is 2. The van der Waals surface area contributed by atoms with E-state index in [1.165, 1.54) is 0 Å². The Hall–Kier alpha value is 0.170. The van der Waals surface area contributed by atoms with Gasteiger partial charge in [-0.1, -0.05) is 0 Å². The van der Waals surface area contributed by atoms with Crippen LogP contribution in [-0.2, 0) is 8.98 Å². The monoisotopic (exact) mass is 124 g/mol. The highest BCUT2D eigenvalue weighted by Gasteiger charge is 1.89. The van der Waals surface area contributed by atoms with Crippen LogP contribution in [0.1, 0.15) is 0 Å². The maximum Gasteiger partial charge on any atom is 0.327 e. The Morgan fingerprint density at radius 3 is 2.33 bits per heavy atom.